The van der Waals surface area contributed by atoms with Gasteiger partial charge in [0.25, 0.3) is 0 Å². The summed E-state index contributed by atoms with van der Waals surface area (Å²) in [6, 6.07) is 22.4. The Morgan fingerprint density at radius 2 is 1.64 bits per heavy atom. The Morgan fingerprint density at radius 1 is 1.00 bits per heavy atom. The first-order valence-electron chi connectivity index (χ1n) is 9.59. The number of nitrogens with two attached hydrogens (primary N) is 1. The van der Waals surface area contributed by atoms with Crippen molar-refractivity contribution in [1.82, 2.24) is 0 Å². The minimum absolute atomic E-state index is 0.0425. The second-order valence-corrected chi connectivity index (χ2v) is 8.16. The number of hydrogen-bond donors (Lipinski definition) is 1. The molecule has 0 radical (unpaired) electrons. The molecule has 2 aromatic carbocycles. The van der Waals surface area contributed by atoms with Crippen LogP contribution in [-0.2, 0) is 10.2 Å². The van der Waals surface area contributed by atoms with Gasteiger partial charge in [-0.15, -0.1) is 0 Å². The summed E-state index contributed by atoms with van der Waals surface area (Å²) in [4.78, 5) is 0. The molecular formula is C23H32NO+. The second-order valence-electron chi connectivity index (χ2n) is 8.16. The molecule has 2 atom stereocenters. The Hall–Kier alpha value is -1.64. The van der Waals surface area contributed by atoms with E-state index < -0.39 is 0 Å². The minimum Gasteiger partial charge on any atom is -0.376 e. The molecule has 1 saturated heterocycles. The van der Waals surface area contributed by atoms with Gasteiger partial charge in [-0.25, -0.2) is 0 Å². The van der Waals surface area contributed by atoms with Gasteiger partial charge in [-0.05, 0) is 39.2 Å². The van der Waals surface area contributed by atoms with Crippen LogP contribution in [0.3, 0.4) is 0 Å². The molecule has 2 heteroatoms. The lowest BCUT2D eigenvalue weighted by Crippen LogP contribution is -2.85. The van der Waals surface area contributed by atoms with Gasteiger partial charge >= 0.3 is 0 Å². The third kappa shape index (κ3) is 4.50. The highest BCUT2D eigenvalue weighted by atomic mass is 16.5. The highest BCUT2D eigenvalue weighted by Gasteiger charge is 2.42. The van der Waals surface area contributed by atoms with E-state index >= 15 is 0 Å². The van der Waals surface area contributed by atoms with Crippen LogP contribution >= 0.6 is 0 Å². The van der Waals surface area contributed by atoms with Gasteiger partial charge in [0.05, 0.1) is 12.1 Å². The molecule has 0 aromatic heterocycles. The zero-order valence-electron chi connectivity index (χ0n) is 15.9. The molecule has 0 amide bonds. The molecule has 1 heterocycles. The molecule has 0 aliphatic carbocycles. The van der Waals surface area contributed by atoms with Crippen molar-refractivity contribution >= 4 is 0 Å². The van der Waals surface area contributed by atoms with Gasteiger partial charge in [0.1, 0.15) is 6.04 Å². The van der Waals surface area contributed by atoms with Crippen molar-refractivity contribution in [2.75, 3.05) is 13.2 Å². The predicted molar refractivity (Wildman–Crippen MR) is 104 cm³/mol. The average Bonchev–Trinajstić information content (AvgIpc) is 2.62. The average molecular weight is 339 g/mol. The Bertz CT molecular complexity index is 652. The van der Waals surface area contributed by atoms with E-state index in [0.717, 1.165) is 26.0 Å². The van der Waals surface area contributed by atoms with E-state index in [1.807, 2.05) is 0 Å². The van der Waals surface area contributed by atoms with Gasteiger partial charge in [0.2, 0.25) is 0 Å². The maximum atomic E-state index is 6.03. The lowest BCUT2D eigenvalue weighted by atomic mass is 9.67. The highest BCUT2D eigenvalue weighted by Crippen LogP contribution is 2.43. The fourth-order valence-corrected chi connectivity index (χ4v) is 4.38. The van der Waals surface area contributed by atoms with Gasteiger partial charge in [-0.2, -0.15) is 0 Å². The maximum Gasteiger partial charge on any atom is 0.109 e. The van der Waals surface area contributed by atoms with Crippen LogP contribution in [0, 0.1) is 0 Å². The first kappa shape index (κ1) is 18.2. The number of benzene rings is 2. The van der Waals surface area contributed by atoms with Crippen molar-refractivity contribution in [3.8, 4) is 0 Å². The number of quaternary nitrogens is 1. The van der Waals surface area contributed by atoms with Gasteiger partial charge < -0.3 is 10.1 Å². The van der Waals surface area contributed by atoms with E-state index in [1.165, 1.54) is 17.5 Å². The summed E-state index contributed by atoms with van der Waals surface area (Å²) in [5.41, 5.74) is 3.07. The fourth-order valence-electron chi connectivity index (χ4n) is 4.38. The molecule has 0 spiro atoms. The Balaban J connectivity index is 1.71. The smallest absolute Gasteiger partial charge is 0.109 e. The van der Waals surface area contributed by atoms with Gasteiger partial charge in [0.15, 0.2) is 0 Å². The Morgan fingerprint density at radius 3 is 2.28 bits per heavy atom. The van der Waals surface area contributed by atoms with E-state index in [9.17, 15) is 0 Å². The van der Waals surface area contributed by atoms with E-state index in [0.29, 0.717) is 6.04 Å². The maximum absolute atomic E-state index is 6.03. The van der Waals surface area contributed by atoms with Crippen molar-refractivity contribution in [3.05, 3.63) is 71.8 Å². The van der Waals surface area contributed by atoms with Crippen molar-refractivity contribution < 1.29 is 10.1 Å². The van der Waals surface area contributed by atoms with Crippen LogP contribution in [0.5, 0.6) is 0 Å². The summed E-state index contributed by atoms with van der Waals surface area (Å²) in [5, 5.41) is 2.49. The second kappa shape index (κ2) is 7.72. The molecule has 2 nitrogen and oxygen atoms in total. The van der Waals surface area contributed by atoms with E-state index in [1.54, 1.807) is 0 Å². The molecule has 3 rings (SSSR count). The summed E-state index contributed by atoms with van der Waals surface area (Å²) in [5.74, 6) is 0. The van der Waals surface area contributed by atoms with Gasteiger partial charge in [0, 0.05) is 24.0 Å². The molecule has 2 N–H and O–H groups in total. The minimum atomic E-state index is -0.0425. The third-order valence-electron chi connectivity index (χ3n) is 5.69. The van der Waals surface area contributed by atoms with E-state index in [4.69, 9.17) is 4.74 Å². The summed E-state index contributed by atoms with van der Waals surface area (Å²) in [6.45, 7) is 8.77. The molecule has 134 valence electrons. The van der Waals surface area contributed by atoms with Crippen LogP contribution in [0.1, 0.15) is 57.2 Å². The summed E-state index contributed by atoms with van der Waals surface area (Å²) in [6.07, 6.45) is 3.41. The first-order valence-corrected chi connectivity index (χ1v) is 9.59. The number of hydrogen-bond acceptors (Lipinski definition) is 1. The highest BCUT2D eigenvalue weighted by molar-refractivity contribution is 5.27. The lowest BCUT2D eigenvalue weighted by Gasteiger charge is -2.45. The van der Waals surface area contributed by atoms with Crippen molar-refractivity contribution in [3.63, 3.8) is 0 Å². The van der Waals surface area contributed by atoms with Crippen LogP contribution in [0.15, 0.2) is 60.7 Å². The van der Waals surface area contributed by atoms with E-state index in [-0.39, 0.29) is 11.0 Å². The fraction of sp³-hybridized carbons (Fsp3) is 0.478. The van der Waals surface area contributed by atoms with Crippen LogP contribution in [-0.4, -0.2) is 18.8 Å². The number of rotatable bonds is 6. The topological polar surface area (TPSA) is 25.8 Å². The van der Waals surface area contributed by atoms with Crippen LogP contribution in [0.4, 0.5) is 0 Å². The van der Waals surface area contributed by atoms with Gasteiger partial charge in [-0.3, -0.25) is 0 Å². The summed E-state index contributed by atoms with van der Waals surface area (Å²) < 4.78 is 6.03. The normalized spacial score (nSPS) is 24.0. The van der Waals surface area contributed by atoms with Crippen LogP contribution in [0.25, 0.3) is 0 Å². The quantitative estimate of drug-likeness (QED) is 0.838. The molecule has 1 fully saturated rings. The zero-order valence-corrected chi connectivity index (χ0v) is 15.9. The molecule has 25 heavy (non-hydrogen) atoms. The van der Waals surface area contributed by atoms with Crippen molar-refractivity contribution in [1.29, 1.82) is 0 Å². The zero-order chi connectivity index (χ0) is 17.8. The third-order valence-corrected chi connectivity index (χ3v) is 5.69. The monoisotopic (exact) mass is 338 g/mol. The van der Waals surface area contributed by atoms with Crippen LogP contribution < -0.4 is 5.32 Å². The van der Waals surface area contributed by atoms with Gasteiger partial charge in [-0.1, -0.05) is 60.7 Å². The molecule has 0 saturated carbocycles. The molecule has 0 bridgehead atoms. The molecular weight excluding hydrogens is 306 g/mol. The van der Waals surface area contributed by atoms with E-state index in [2.05, 4.69) is 86.8 Å². The van der Waals surface area contributed by atoms with Crippen molar-refractivity contribution in [2.45, 2.75) is 57.1 Å². The molecule has 1 aliphatic heterocycles. The predicted octanol–water partition coefficient (Wildman–Crippen LogP) is 4.23. The number of ether oxygens (including phenoxy) is 1. The standard InChI is InChI=1S/C23H31NO/c1-19(20-10-6-4-7-11-20)24-16-14-23(21-12-8-5-9-13-21)15-17-25-22(2,3)18-23/h4-13,19,24H,14-18H2,1-3H3/p+1/t19-,23-/m0/s1. The Kier molecular flexibility index (Phi) is 5.61. The SMILES string of the molecule is C[C@H]([NH2+]CC[C@]1(c2ccccc2)CCOC(C)(C)C1)c1ccccc1. The van der Waals surface area contributed by atoms with Crippen LogP contribution in [0.2, 0.25) is 0 Å². The molecule has 1 aliphatic rings. The molecule has 0 unspecified atom stereocenters. The van der Waals surface area contributed by atoms with Crippen molar-refractivity contribution in [2.24, 2.45) is 0 Å². The first-order chi connectivity index (χ1) is 12.0. The summed E-state index contributed by atoms with van der Waals surface area (Å²) in [7, 11) is 0. The summed E-state index contributed by atoms with van der Waals surface area (Å²) >= 11 is 0. The largest absolute Gasteiger partial charge is 0.376 e. The lowest BCUT2D eigenvalue weighted by molar-refractivity contribution is -0.693. The Labute approximate surface area is 152 Å². The molecule has 2 aromatic rings.